The highest BCUT2D eigenvalue weighted by Crippen LogP contribution is 2.48. The van der Waals surface area contributed by atoms with Crippen molar-refractivity contribution in [1.82, 2.24) is 0 Å². The zero-order valence-corrected chi connectivity index (χ0v) is 22.5. The first-order chi connectivity index (χ1) is 15.9. The molecule has 0 saturated heterocycles. The Morgan fingerprint density at radius 3 is 2.06 bits per heavy atom. The molecule has 0 amide bonds. The lowest BCUT2D eigenvalue weighted by Crippen LogP contribution is -2.33. The van der Waals surface area contributed by atoms with Gasteiger partial charge in [-0.2, -0.15) is 0 Å². The van der Waals surface area contributed by atoms with E-state index in [-0.39, 0.29) is 16.2 Å². The summed E-state index contributed by atoms with van der Waals surface area (Å²) in [4.78, 5) is 0. The van der Waals surface area contributed by atoms with Gasteiger partial charge in [0.1, 0.15) is 0 Å². The van der Waals surface area contributed by atoms with Crippen molar-refractivity contribution in [2.24, 2.45) is 0 Å². The van der Waals surface area contributed by atoms with Crippen LogP contribution in [0.4, 0.5) is 10.7 Å². The van der Waals surface area contributed by atoms with Crippen molar-refractivity contribution in [2.75, 3.05) is 5.32 Å². The zero-order chi connectivity index (χ0) is 24.3. The predicted octanol–water partition coefficient (Wildman–Crippen LogP) is 9.96. The fraction of sp³-hybridized carbons (Fsp3) is 0.375. The second-order valence-electron chi connectivity index (χ2n) is 12.3. The van der Waals surface area contributed by atoms with E-state index < -0.39 is 0 Å². The summed E-state index contributed by atoms with van der Waals surface area (Å²) in [6.07, 6.45) is 2.49. The lowest BCUT2D eigenvalue weighted by Gasteiger charge is -2.41. The van der Waals surface area contributed by atoms with Crippen LogP contribution >= 0.6 is 11.3 Å². The maximum Gasteiger partial charge on any atom is 0.0939 e. The van der Waals surface area contributed by atoms with Crippen molar-refractivity contribution >= 4 is 32.1 Å². The van der Waals surface area contributed by atoms with Gasteiger partial charge in [0.05, 0.1) is 5.00 Å². The van der Waals surface area contributed by atoms with Crippen LogP contribution in [0.1, 0.15) is 78.0 Å². The molecular weight excluding hydrogens is 430 g/mol. The highest BCUT2D eigenvalue weighted by Gasteiger charge is 2.37. The van der Waals surface area contributed by atoms with Crippen LogP contribution in [-0.2, 0) is 16.2 Å². The molecule has 1 aliphatic carbocycles. The molecule has 0 fully saturated rings. The van der Waals surface area contributed by atoms with Crippen molar-refractivity contribution in [3.8, 4) is 11.1 Å². The number of anilines is 2. The zero-order valence-electron chi connectivity index (χ0n) is 21.7. The summed E-state index contributed by atoms with van der Waals surface area (Å²) in [6, 6.07) is 24.9. The van der Waals surface area contributed by atoms with Gasteiger partial charge in [0.15, 0.2) is 0 Å². The fourth-order valence-corrected chi connectivity index (χ4v) is 6.27. The maximum absolute atomic E-state index is 3.79. The van der Waals surface area contributed by atoms with Gasteiger partial charge in [0, 0.05) is 16.0 Å². The molecule has 0 atom stereocenters. The van der Waals surface area contributed by atoms with Gasteiger partial charge in [-0.15, -0.1) is 11.3 Å². The van der Waals surface area contributed by atoms with Crippen molar-refractivity contribution in [2.45, 2.75) is 77.6 Å². The Kier molecular flexibility index (Phi) is 5.44. The van der Waals surface area contributed by atoms with Crippen LogP contribution < -0.4 is 5.32 Å². The summed E-state index contributed by atoms with van der Waals surface area (Å²) in [6.45, 7) is 16.5. The Bertz CT molecular complexity index is 1300. The quantitative estimate of drug-likeness (QED) is 0.316. The van der Waals surface area contributed by atoms with Crippen molar-refractivity contribution < 1.29 is 0 Å². The molecule has 1 heterocycles. The van der Waals surface area contributed by atoms with E-state index in [1.165, 1.54) is 55.7 Å². The lowest BCUT2D eigenvalue weighted by molar-refractivity contribution is 0.332. The Labute approximate surface area is 209 Å². The number of benzene rings is 3. The average molecular weight is 468 g/mol. The summed E-state index contributed by atoms with van der Waals surface area (Å²) in [7, 11) is 0. The van der Waals surface area contributed by atoms with Crippen molar-refractivity contribution in [3.63, 3.8) is 0 Å². The molecule has 0 aliphatic heterocycles. The van der Waals surface area contributed by atoms with E-state index in [2.05, 4.69) is 121 Å². The van der Waals surface area contributed by atoms with E-state index in [1.807, 2.05) is 11.3 Å². The summed E-state index contributed by atoms with van der Waals surface area (Å²) in [5.41, 5.74) is 8.66. The normalized spacial score (nSPS) is 16.9. The van der Waals surface area contributed by atoms with Crippen LogP contribution in [0.2, 0.25) is 0 Å². The van der Waals surface area contributed by atoms with E-state index in [4.69, 9.17) is 0 Å². The monoisotopic (exact) mass is 467 g/mol. The summed E-state index contributed by atoms with van der Waals surface area (Å²) >= 11 is 1.87. The molecule has 1 N–H and O–H groups in total. The van der Waals surface area contributed by atoms with Gasteiger partial charge in [-0.3, -0.25) is 0 Å². The first-order valence-electron chi connectivity index (χ1n) is 12.5. The van der Waals surface area contributed by atoms with Crippen LogP contribution in [0.25, 0.3) is 21.2 Å². The van der Waals surface area contributed by atoms with Gasteiger partial charge < -0.3 is 5.32 Å². The molecule has 3 aromatic carbocycles. The summed E-state index contributed by atoms with van der Waals surface area (Å²) in [5, 5.41) is 6.34. The third-order valence-electron chi connectivity index (χ3n) is 7.72. The smallest absolute Gasteiger partial charge is 0.0939 e. The van der Waals surface area contributed by atoms with Crippen LogP contribution in [-0.4, -0.2) is 0 Å². The van der Waals surface area contributed by atoms with Gasteiger partial charge in [0.25, 0.3) is 0 Å². The molecule has 1 aromatic heterocycles. The van der Waals surface area contributed by atoms with Crippen LogP contribution in [0.15, 0.2) is 66.7 Å². The minimum atomic E-state index is 0.109. The molecule has 0 unspecified atom stereocenters. The van der Waals surface area contributed by atoms with E-state index in [0.29, 0.717) is 0 Å². The second kappa shape index (κ2) is 7.99. The second-order valence-corrected chi connectivity index (χ2v) is 13.4. The van der Waals surface area contributed by atoms with E-state index in [0.717, 1.165) is 5.69 Å². The molecule has 2 heteroatoms. The summed E-state index contributed by atoms with van der Waals surface area (Å²) < 4.78 is 1.37. The van der Waals surface area contributed by atoms with Gasteiger partial charge in [-0.25, -0.2) is 0 Å². The third-order valence-corrected chi connectivity index (χ3v) is 8.73. The highest BCUT2D eigenvalue weighted by molar-refractivity contribution is 7.22. The maximum atomic E-state index is 3.79. The van der Waals surface area contributed by atoms with Gasteiger partial charge in [-0.05, 0) is 87.1 Å². The van der Waals surface area contributed by atoms with Gasteiger partial charge >= 0.3 is 0 Å². The lowest BCUT2D eigenvalue weighted by atomic mass is 9.63. The molecule has 34 heavy (non-hydrogen) atoms. The van der Waals surface area contributed by atoms with Crippen LogP contribution in [0.3, 0.4) is 0 Å². The third kappa shape index (κ3) is 4.18. The van der Waals surface area contributed by atoms with Crippen LogP contribution in [0.5, 0.6) is 0 Å². The molecule has 4 aromatic rings. The van der Waals surface area contributed by atoms with E-state index in [9.17, 15) is 0 Å². The molecule has 0 radical (unpaired) electrons. The predicted molar refractivity (Wildman–Crippen MR) is 151 cm³/mol. The molecule has 0 bridgehead atoms. The standard InChI is InChI=1S/C32H37NS/c1-30(2,3)23-13-14-27(24(19-23)21-11-9-8-10-12-21)33-29-18-22-17-25-26(20-28(22)34-29)32(6,7)16-15-31(25,4)5/h8-14,17-20,33H,15-16H2,1-7H3. The SMILES string of the molecule is CC(C)(C)c1ccc(Nc2cc3cc4c(cc3s2)C(C)(C)CCC4(C)C)c(-c2ccccc2)c1. The van der Waals surface area contributed by atoms with Crippen molar-refractivity contribution in [3.05, 3.63) is 83.4 Å². The van der Waals surface area contributed by atoms with Gasteiger partial charge in [-0.1, -0.05) is 84.9 Å². The molecular formula is C32H37NS. The number of rotatable bonds is 3. The number of hydrogen-bond acceptors (Lipinski definition) is 2. The van der Waals surface area contributed by atoms with Gasteiger partial charge in [0.2, 0.25) is 0 Å². The minimum Gasteiger partial charge on any atom is -0.347 e. The topological polar surface area (TPSA) is 12.0 Å². The highest BCUT2D eigenvalue weighted by atomic mass is 32.1. The first-order valence-corrected chi connectivity index (χ1v) is 13.3. The molecule has 1 aliphatic rings. The minimum absolute atomic E-state index is 0.109. The Morgan fingerprint density at radius 2 is 1.41 bits per heavy atom. The average Bonchev–Trinajstić information content (AvgIpc) is 3.18. The summed E-state index contributed by atoms with van der Waals surface area (Å²) in [5.74, 6) is 0. The van der Waals surface area contributed by atoms with Crippen LogP contribution in [0, 0.1) is 0 Å². The van der Waals surface area contributed by atoms with E-state index in [1.54, 1.807) is 0 Å². The number of thiophene rings is 1. The number of fused-ring (bicyclic) bond motifs is 2. The first kappa shape index (κ1) is 23.2. The van der Waals surface area contributed by atoms with E-state index >= 15 is 0 Å². The number of nitrogens with one attached hydrogen (secondary N) is 1. The molecule has 5 rings (SSSR count). The van der Waals surface area contributed by atoms with Crippen molar-refractivity contribution in [1.29, 1.82) is 0 Å². The Balaban J connectivity index is 1.59. The Hall–Kier alpha value is -2.58. The number of hydrogen-bond donors (Lipinski definition) is 1. The molecule has 0 spiro atoms. The molecule has 0 saturated carbocycles. The largest absolute Gasteiger partial charge is 0.347 e. The molecule has 176 valence electrons. The molecule has 1 nitrogen and oxygen atoms in total. The Morgan fingerprint density at radius 1 is 0.765 bits per heavy atom. The fourth-order valence-electron chi connectivity index (χ4n) is 5.27.